The van der Waals surface area contributed by atoms with Gasteiger partial charge in [-0.2, -0.15) is 5.10 Å². The minimum Gasteiger partial charge on any atom is -0.490 e. The Bertz CT molecular complexity index is 1670. The lowest BCUT2D eigenvalue weighted by Gasteiger charge is -2.47. The third-order valence-electron chi connectivity index (χ3n) is 8.88. The number of rotatable bonds is 9. The molecule has 43 heavy (non-hydrogen) atoms. The van der Waals surface area contributed by atoms with Crippen LogP contribution in [0, 0.1) is 11.2 Å². The topological polar surface area (TPSA) is 82.0 Å². The summed E-state index contributed by atoms with van der Waals surface area (Å²) in [5, 5.41) is 7.86. The Hall–Kier alpha value is -3.80. The van der Waals surface area contributed by atoms with Gasteiger partial charge in [0.15, 0.2) is 0 Å². The molecule has 0 atom stereocenters. The van der Waals surface area contributed by atoms with E-state index in [2.05, 4.69) is 22.9 Å². The molecule has 3 aliphatic rings. The van der Waals surface area contributed by atoms with E-state index in [9.17, 15) is 9.18 Å². The quantitative estimate of drug-likeness (QED) is 0.193. The number of fused-ring (bicyclic) bond motifs is 1. The Balaban J connectivity index is 1.33. The number of carbonyl (C=O) groups excluding carboxylic acids is 1. The van der Waals surface area contributed by atoms with Gasteiger partial charge in [0.05, 0.1) is 37.8 Å². The summed E-state index contributed by atoms with van der Waals surface area (Å²) in [4.78, 5) is 21.5. The highest BCUT2D eigenvalue weighted by Crippen LogP contribution is 2.47. The first-order chi connectivity index (χ1) is 21.0. The van der Waals surface area contributed by atoms with Crippen LogP contribution in [0.5, 0.6) is 5.75 Å². The van der Waals surface area contributed by atoms with Gasteiger partial charge in [0, 0.05) is 77.7 Å². The van der Waals surface area contributed by atoms with Crippen LogP contribution >= 0.6 is 11.3 Å². The van der Waals surface area contributed by atoms with Crippen LogP contribution in [0.1, 0.15) is 18.9 Å². The molecule has 1 spiro atoms. The number of amides is 1. The highest BCUT2D eigenvalue weighted by atomic mass is 32.1. The van der Waals surface area contributed by atoms with Gasteiger partial charge in [-0.25, -0.2) is 9.37 Å². The van der Waals surface area contributed by atoms with E-state index < -0.39 is 0 Å². The van der Waals surface area contributed by atoms with Crippen LogP contribution in [-0.4, -0.2) is 85.3 Å². The van der Waals surface area contributed by atoms with E-state index in [0.29, 0.717) is 37.5 Å². The molecule has 1 aromatic carbocycles. The maximum atomic E-state index is 14.5. The monoisotopic (exact) mass is 603 g/mol. The van der Waals surface area contributed by atoms with Crippen LogP contribution in [0.3, 0.4) is 0 Å². The van der Waals surface area contributed by atoms with Crippen molar-refractivity contribution >= 4 is 33.1 Å². The lowest BCUT2D eigenvalue weighted by molar-refractivity contribution is -0.131. The fourth-order valence-electron chi connectivity index (χ4n) is 6.23. The summed E-state index contributed by atoms with van der Waals surface area (Å²) in [6, 6.07) is 6.87. The number of hydrogen-bond donors (Lipinski definition) is 0. The number of likely N-dealkylation sites (tertiary alicyclic amines) is 1. The molecule has 7 rings (SSSR count). The standard InChI is InChI=1S/C32H34FN5O4S/c1-3-27(39)37-17-23(18-37)38-16-21(15-34-38)29-28(24-5-4-22(33)14-26(24)42-12-11-40-2)30-25(6-13-43-30)31(35-29)36-9-7-32(8-10-36)19-41-20-32/h3-6,13-16,23H,1,7-12,17-20H2,2H3. The number of piperidine rings is 1. The van der Waals surface area contributed by atoms with Crippen molar-refractivity contribution in [1.82, 2.24) is 19.7 Å². The third kappa shape index (κ3) is 5.09. The molecule has 0 unspecified atom stereocenters. The van der Waals surface area contributed by atoms with Crippen molar-refractivity contribution in [3.63, 3.8) is 0 Å². The Labute approximate surface area is 253 Å². The molecule has 3 saturated heterocycles. The number of pyridine rings is 1. The molecule has 0 saturated carbocycles. The summed E-state index contributed by atoms with van der Waals surface area (Å²) in [6.45, 7) is 8.94. The van der Waals surface area contributed by atoms with Gasteiger partial charge in [-0.05, 0) is 42.5 Å². The molecule has 6 heterocycles. The van der Waals surface area contributed by atoms with Gasteiger partial charge < -0.3 is 24.0 Å². The number of carbonyl (C=O) groups is 1. The van der Waals surface area contributed by atoms with E-state index >= 15 is 0 Å². The largest absolute Gasteiger partial charge is 0.490 e. The van der Waals surface area contributed by atoms with E-state index in [1.165, 1.54) is 18.2 Å². The highest BCUT2D eigenvalue weighted by molar-refractivity contribution is 7.18. The summed E-state index contributed by atoms with van der Waals surface area (Å²) in [5.41, 5.74) is 3.58. The summed E-state index contributed by atoms with van der Waals surface area (Å²) >= 11 is 1.65. The van der Waals surface area contributed by atoms with Crippen molar-refractivity contribution in [3.8, 4) is 28.1 Å². The molecule has 4 aromatic rings. The number of benzene rings is 1. The number of ether oxygens (including phenoxy) is 3. The molecule has 11 heteroatoms. The summed E-state index contributed by atoms with van der Waals surface area (Å²) in [7, 11) is 1.61. The van der Waals surface area contributed by atoms with Gasteiger partial charge in [-0.15, -0.1) is 11.3 Å². The Kier molecular flexibility index (Phi) is 7.40. The maximum Gasteiger partial charge on any atom is 0.246 e. The number of anilines is 1. The molecule has 0 bridgehead atoms. The van der Waals surface area contributed by atoms with Crippen LogP contribution in [0.25, 0.3) is 32.5 Å². The van der Waals surface area contributed by atoms with Crippen molar-refractivity contribution in [2.45, 2.75) is 18.9 Å². The van der Waals surface area contributed by atoms with Crippen molar-refractivity contribution in [1.29, 1.82) is 0 Å². The number of thiophene rings is 1. The van der Waals surface area contributed by atoms with E-state index in [0.717, 1.165) is 77.4 Å². The van der Waals surface area contributed by atoms with Crippen molar-refractivity contribution in [2.24, 2.45) is 5.41 Å². The fourth-order valence-corrected chi connectivity index (χ4v) is 7.18. The molecular weight excluding hydrogens is 569 g/mol. The number of methoxy groups -OCH3 is 1. The normalized spacial score (nSPS) is 18.1. The van der Waals surface area contributed by atoms with Crippen LogP contribution in [0.4, 0.5) is 10.2 Å². The fraction of sp³-hybridized carbons (Fsp3) is 0.406. The minimum atomic E-state index is -0.372. The number of nitrogens with zero attached hydrogens (tertiary/aromatic N) is 5. The molecule has 0 aliphatic carbocycles. The molecule has 9 nitrogen and oxygen atoms in total. The Morgan fingerprint density at radius 1 is 1.23 bits per heavy atom. The van der Waals surface area contributed by atoms with E-state index in [4.69, 9.17) is 24.3 Å². The number of aromatic nitrogens is 3. The Morgan fingerprint density at radius 3 is 2.77 bits per heavy atom. The van der Waals surface area contributed by atoms with Crippen molar-refractivity contribution in [3.05, 3.63) is 60.5 Å². The first-order valence-corrected chi connectivity index (χ1v) is 15.5. The van der Waals surface area contributed by atoms with Crippen molar-refractivity contribution in [2.75, 3.05) is 64.6 Å². The van der Waals surface area contributed by atoms with Crippen LogP contribution in [0.15, 0.2) is 54.7 Å². The lowest BCUT2D eigenvalue weighted by atomic mass is 9.77. The van der Waals surface area contributed by atoms with E-state index in [1.807, 2.05) is 17.1 Å². The average molecular weight is 604 g/mol. The van der Waals surface area contributed by atoms with Gasteiger partial charge >= 0.3 is 0 Å². The van der Waals surface area contributed by atoms with Gasteiger partial charge in [-0.1, -0.05) is 6.58 Å². The lowest BCUT2D eigenvalue weighted by Crippen LogP contribution is -2.51. The Morgan fingerprint density at radius 2 is 2.05 bits per heavy atom. The van der Waals surface area contributed by atoms with E-state index in [-0.39, 0.29) is 17.8 Å². The van der Waals surface area contributed by atoms with Gasteiger partial charge in [0.2, 0.25) is 5.91 Å². The molecule has 0 radical (unpaired) electrons. The second-order valence-corrected chi connectivity index (χ2v) is 12.5. The summed E-state index contributed by atoms with van der Waals surface area (Å²) < 4.78 is 34.3. The molecule has 224 valence electrons. The zero-order valence-electron chi connectivity index (χ0n) is 24.1. The predicted octanol–water partition coefficient (Wildman–Crippen LogP) is 5.18. The second-order valence-electron chi connectivity index (χ2n) is 11.6. The maximum absolute atomic E-state index is 14.5. The summed E-state index contributed by atoms with van der Waals surface area (Å²) in [6.07, 6.45) is 7.33. The first kappa shape index (κ1) is 28.0. The minimum absolute atomic E-state index is 0.0746. The molecule has 3 aromatic heterocycles. The average Bonchev–Trinajstić information content (AvgIpc) is 3.66. The number of hydrogen-bond acceptors (Lipinski definition) is 8. The van der Waals surface area contributed by atoms with Crippen LogP contribution in [-0.2, 0) is 14.3 Å². The first-order valence-electron chi connectivity index (χ1n) is 14.6. The highest BCUT2D eigenvalue weighted by Gasteiger charge is 2.42. The van der Waals surface area contributed by atoms with Crippen LogP contribution < -0.4 is 9.64 Å². The van der Waals surface area contributed by atoms with Crippen molar-refractivity contribution < 1.29 is 23.4 Å². The molecule has 1 amide bonds. The SMILES string of the molecule is C=CC(=O)N1CC(n2cc(-c3nc(N4CCC5(CC4)COC5)c4ccsc4c3-c3ccc(F)cc3OCCOC)cn2)C1. The summed E-state index contributed by atoms with van der Waals surface area (Å²) in [5.74, 6) is 0.948. The molecule has 3 fully saturated rings. The third-order valence-corrected chi connectivity index (χ3v) is 9.82. The molecular formula is C32H34FN5O4S. The van der Waals surface area contributed by atoms with Gasteiger partial charge in [-0.3, -0.25) is 9.48 Å². The molecule has 0 N–H and O–H groups in total. The van der Waals surface area contributed by atoms with Gasteiger partial charge in [0.25, 0.3) is 0 Å². The second kappa shape index (κ2) is 11.4. The zero-order valence-corrected chi connectivity index (χ0v) is 24.9. The molecule has 3 aliphatic heterocycles. The number of halogens is 1. The van der Waals surface area contributed by atoms with Crippen LogP contribution in [0.2, 0.25) is 0 Å². The zero-order chi connectivity index (χ0) is 29.6. The van der Waals surface area contributed by atoms with Gasteiger partial charge in [0.1, 0.15) is 24.0 Å². The smallest absolute Gasteiger partial charge is 0.246 e. The van der Waals surface area contributed by atoms with E-state index in [1.54, 1.807) is 29.4 Å². The predicted molar refractivity (Wildman–Crippen MR) is 164 cm³/mol.